The number of rotatable bonds is 5. The summed E-state index contributed by atoms with van der Waals surface area (Å²) in [5.41, 5.74) is 0.916. The van der Waals surface area contributed by atoms with Crippen LogP contribution in [0.1, 0.15) is 49.7 Å². The van der Waals surface area contributed by atoms with E-state index in [4.69, 9.17) is 0 Å². The summed E-state index contributed by atoms with van der Waals surface area (Å²) >= 11 is 0. The number of benzene rings is 1. The van der Waals surface area contributed by atoms with E-state index in [0.29, 0.717) is 6.42 Å². The van der Waals surface area contributed by atoms with Crippen molar-refractivity contribution in [3.63, 3.8) is 0 Å². The third kappa shape index (κ3) is 9.89. The first-order chi connectivity index (χ1) is 21.0. The van der Waals surface area contributed by atoms with Gasteiger partial charge in [-0.2, -0.15) is 0 Å². The lowest BCUT2D eigenvalue weighted by Gasteiger charge is -2.28. The highest BCUT2D eigenvalue weighted by molar-refractivity contribution is 5.98. The van der Waals surface area contributed by atoms with Crippen LogP contribution in [0.5, 0.6) is 0 Å². The molecule has 0 unspecified atom stereocenters. The number of hydrogen-bond acceptors (Lipinski definition) is 7. The SMILES string of the molecule is CC(C)[C@H]1NC(=O)[C@@H](NC(=O)c2ccccn2)CCCNC(=O)CN(C)C(=O)[C@H](Cc2ccccc2)NC(=O)[C@@H](C)NC1=O. The van der Waals surface area contributed by atoms with Gasteiger partial charge in [-0.15, -0.1) is 0 Å². The molecule has 0 aliphatic carbocycles. The molecule has 2 aromatic rings. The number of aromatic nitrogens is 1. The second-order valence-electron chi connectivity index (χ2n) is 11.1. The van der Waals surface area contributed by atoms with Gasteiger partial charge in [0.05, 0.1) is 6.54 Å². The molecule has 13 nitrogen and oxygen atoms in total. The van der Waals surface area contributed by atoms with Gasteiger partial charge in [0, 0.05) is 26.2 Å². The largest absolute Gasteiger partial charge is 0.355 e. The minimum Gasteiger partial charge on any atom is -0.355 e. The number of carbonyl (C=O) groups excluding carboxylic acids is 6. The molecule has 4 atom stereocenters. The lowest BCUT2D eigenvalue weighted by Crippen LogP contribution is -2.59. The van der Waals surface area contributed by atoms with Gasteiger partial charge in [-0.3, -0.25) is 33.8 Å². The minimum absolute atomic E-state index is 0.115. The van der Waals surface area contributed by atoms with Crippen molar-refractivity contribution < 1.29 is 28.8 Å². The van der Waals surface area contributed by atoms with Gasteiger partial charge < -0.3 is 31.5 Å². The van der Waals surface area contributed by atoms with Gasteiger partial charge in [0.25, 0.3) is 5.91 Å². The molecule has 1 aromatic carbocycles. The van der Waals surface area contributed by atoms with Crippen LogP contribution < -0.4 is 26.6 Å². The normalized spacial score (nSPS) is 23.0. The quantitative estimate of drug-likeness (QED) is 0.316. The van der Waals surface area contributed by atoms with E-state index in [2.05, 4.69) is 31.6 Å². The first-order valence-corrected chi connectivity index (χ1v) is 14.6. The molecule has 6 amide bonds. The Kier molecular flexibility index (Phi) is 12.4. The molecule has 1 aliphatic heterocycles. The molecule has 0 radical (unpaired) electrons. The van der Waals surface area contributed by atoms with Crippen LogP contribution in [0.2, 0.25) is 0 Å². The Balaban J connectivity index is 1.84. The zero-order chi connectivity index (χ0) is 32.2. The summed E-state index contributed by atoms with van der Waals surface area (Å²) in [5, 5.41) is 13.5. The van der Waals surface area contributed by atoms with Gasteiger partial charge in [0.2, 0.25) is 29.5 Å². The molecule has 236 valence electrons. The van der Waals surface area contributed by atoms with E-state index in [1.165, 1.54) is 31.1 Å². The van der Waals surface area contributed by atoms with Crippen molar-refractivity contribution in [1.82, 2.24) is 36.5 Å². The molecular weight excluding hydrogens is 566 g/mol. The summed E-state index contributed by atoms with van der Waals surface area (Å²) in [5.74, 6) is -3.64. The number of nitrogens with one attached hydrogen (secondary N) is 5. The fourth-order valence-corrected chi connectivity index (χ4v) is 4.65. The van der Waals surface area contributed by atoms with Crippen LogP contribution in [0.4, 0.5) is 0 Å². The van der Waals surface area contributed by atoms with Crippen molar-refractivity contribution in [2.45, 2.75) is 64.2 Å². The average Bonchev–Trinajstić information content (AvgIpc) is 3.00. The summed E-state index contributed by atoms with van der Waals surface area (Å²) in [6, 6.07) is 9.80. The number of carbonyl (C=O) groups is 6. The van der Waals surface area contributed by atoms with Crippen molar-refractivity contribution >= 4 is 35.4 Å². The Morgan fingerprint density at radius 1 is 0.955 bits per heavy atom. The lowest BCUT2D eigenvalue weighted by atomic mass is 10.0. The smallest absolute Gasteiger partial charge is 0.270 e. The average molecular weight is 608 g/mol. The molecule has 44 heavy (non-hydrogen) atoms. The highest BCUT2D eigenvalue weighted by atomic mass is 16.2. The monoisotopic (exact) mass is 607 g/mol. The Labute approximate surface area is 256 Å². The maximum Gasteiger partial charge on any atom is 0.270 e. The Morgan fingerprint density at radius 2 is 1.66 bits per heavy atom. The van der Waals surface area contributed by atoms with E-state index in [1.807, 2.05) is 30.3 Å². The summed E-state index contributed by atoms with van der Waals surface area (Å²) in [6.07, 6.45) is 2.08. The Morgan fingerprint density at radius 3 is 2.32 bits per heavy atom. The van der Waals surface area contributed by atoms with E-state index in [0.717, 1.165) is 5.56 Å². The predicted molar refractivity (Wildman–Crippen MR) is 162 cm³/mol. The van der Waals surface area contributed by atoms with E-state index < -0.39 is 59.6 Å². The first kappa shape index (κ1) is 33.7. The van der Waals surface area contributed by atoms with Crippen LogP contribution in [0, 0.1) is 5.92 Å². The van der Waals surface area contributed by atoms with Crippen LogP contribution in [0.15, 0.2) is 54.7 Å². The predicted octanol–water partition coefficient (Wildman–Crippen LogP) is -0.0786. The zero-order valence-electron chi connectivity index (χ0n) is 25.5. The highest BCUT2D eigenvalue weighted by Gasteiger charge is 2.32. The van der Waals surface area contributed by atoms with Gasteiger partial charge in [0.1, 0.15) is 29.9 Å². The maximum absolute atomic E-state index is 13.4. The minimum atomic E-state index is -1.06. The lowest BCUT2D eigenvalue weighted by molar-refractivity contribution is -0.139. The standard InChI is InChI=1S/C31H41N7O6/c1-19(2)26-30(43)34-20(3)27(40)36-24(17-21-11-6-5-7-12-21)31(44)38(4)18-25(39)33-16-10-14-23(29(42)37-26)35-28(41)22-13-8-9-15-32-22/h5-9,11-13,15,19-20,23-24,26H,10,14,16-18H2,1-4H3,(H,33,39)(H,34,43)(H,35,41)(H,36,40)(H,37,42)/t20-,23+,24+,26-/m1/s1. The zero-order valence-corrected chi connectivity index (χ0v) is 25.5. The maximum atomic E-state index is 13.4. The summed E-state index contributed by atoms with van der Waals surface area (Å²) in [7, 11) is 1.47. The van der Waals surface area contributed by atoms with Crippen LogP contribution in [0.3, 0.4) is 0 Å². The van der Waals surface area contributed by atoms with Crippen molar-refractivity contribution in [1.29, 1.82) is 0 Å². The molecule has 3 rings (SSSR count). The molecule has 1 fully saturated rings. The first-order valence-electron chi connectivity index (χ1n) is 14.6. The molecule has 1 aliphatic rings. The molecule has 1 aromatic heterocycles. The van der Waals surface area contributed by atoms with Crippen molar-refractivity contribution in [3.8, 4) is 0 Å². The molecule has 2 heterocycles. The molecule has 13 heteroatoms. The van der Waals surface area contributed by atoms with Gasteiger partial charge in [0.15, 0.2) is 0 Å². The fraction of sp³-hybridized carbons (Fsp3) is 0.452. The van der Waals surface area contributed by atoms with Crippen LogP contribution in [-0.4, -0.2) is 89.6 Å². The van der Waals surface area contributed by atoms with Crippen molar-refractivity contribution in [2.24, 2.45) is 5.92 Å². The second kappa shape index (κ2) is 16.1. The Hall–Kier alpha value is -4.81. The van der Waals surface area contributed by atoms with Gasteiger partial charge in [-0.1, -0.05) is 50.2 Å². The molecule has 0 saturated carbocycles. The number of amides is 6. The molecule has 5 N–H and O–H groups in total. The fourth-order valence-electron chi connectivity index (χ4n) is 4.65. The van der Waals surface area contributed by atoms with Crippen molar-refractivity contribution in [3.05, 3.63) is 66.0 Å². The highest BCUT2D eigenvalue weighted by Crippen LogP contribution is 2.09. The Bertz CT molecular complexity index is 1320. The topological polar surface area (TPSA) is 179 Å². The summed E-state index contributed by atoms with van der Waals surface area (Å²) in [6.45, 7) is 4.86. The summed E-state index contributed by atoms with van der Waals surface area (Å²) < 4.78 is 0. The van der Waals surface area contributed by atoms with Gasteiger partial charge in [-0.25, -0.2) is 0 Å². The molecule has 0 spiro atoms. The van der Waals surface area contributed by atoms with Crippen molar-refractivity contribution in [2.75, 3.05) is 20.1 Å². The molecular formula is C31H41N7O6. The number of hydrogen-bond donors (Lipinski definition) is 5. The number of pyridine rings is 1. The van der Waals surface area contributed by atoms with E-state index in [-0.39, 0.29) is 37.5 Å². The van der Waals surface area contributed by atoms with Gasteiger partial charge in [-0.05, 0) is 43.4 Å². The van der Waals surface area contributed by atoms with E-state index in [1.54, 1.807) is 26.0 Å². The van der Waals surface area contributed by atoms with Crippen LogP contribution >= 0.6 is 0 Å². The number of nitrogens with zero attached hydrogens (tertiary/aromatic N) is 2. The van der Waals surface area contributed by atoms with Crippen LogP contribution in [-0.2, 0) is 30.4 Å². The third-order valence-electron chi connectivity index (χ3n) is 7.16. The number of likely N-dealkylation sites (N-methyl/N-ethyl adjacent to an activating group) is 1. The second-order valence-corrected chi connectivity index (χ2v) is 11.1. The van der Waals surface area contributed by atoms with Crippen LogP contribution in [0.25, 0.3) is 0 Å². The van der Waals surface area contributed by atoms with Gasteiger partial charge >= 0.3 is 0 Å². The molecule has 0 bridgehead atoms. The third-order valence-corrected chi connectivity index (χ3v) is 7.16. The van der Waals surface area contributed by atoms with E-state index >= 15 is 0 Å². The molecule has 1 saturated heterocycles. The summed E-state index contributed by atoms with van der Waals surface area (Å²) in [4.78, 5) is 84.1. The van der Waals surface area contributed by atoms with E-state index in [9.17, 15) is 28.8 Å².